The maximum atomic E-state index is 6.20. The average molecular weight is 279 g/mol. The lowest BCUT2D eigenvalue weighted by atomic mass is 10.1. The second-order valence-corrected chi connectivity index (χ2v) is 5.54. The predicted octanol–water partition coefficient (Wildman–Crippen LogP) is 2.93. The van der Waals surface area contributed by atoms with E-state index in [1.165, 1.54) is 13.0 Å². The molecule has 4 nitrogen and oxygen atoms in total. The van der Waals surface area contributed by atoms with Gasteiger partial charge in [0.2, 0.25) is 5.95 Å². The second-order valence-electron chi connectivity index (χ2n) is 5.14. The highest BCUT2D eigenvalue weighted by Crippen LogP contribution is 2.31. The van der Waals surface area contributed by atoms with E-state index < -0.39 is 0 Å². The van der Waals surface area contributed by atoms with Crippen molar-refractivity contribution < 1.29 is 0 Å². The Morgan fingerprint density at radius 3 is 3.11 bits per heavy atom. The first-order chi connectivity index (χ1) is 9.20. The van der Waals surface area contributed by atoms with Crippen LogP contribution in [0.4, 0.5) is 5.95 Å². The standard InChI is InChI=1S/C14H19ClN4/c1-2-18-8-4-5-10(9-18)19-12-7-3-6-11(15)13(12)17-14(19)16/h3,6-7,10H,2,4-5,8-9H2,1H3,(H2,16,17). The van der Waals surface area contributed by atoms with Crippen LogP contribution < -0.4 is 5.73 Å². The fourth-order valence-corrected chi connectivity index (χ4v) is 3.23. The van der Waals surface area contributed by atoms with E-state index in [9.17, 15) is 0 Å². The molecule has 0 spiro atoms. The Bertz CT molecular complexity index is 592. The summed E-state index contributed by atoms with van der Waals surface area (Å²) in [6, 6.07) is 6.27. The normalized spacial score (nSPS) is 21.1. The topological polar surface area (TPSA) is 47.1 Å². The summed E-state index contributed by atoms with van der Waals surface area (Å²) in [4.78, 5) is 6.89. The summed E-state index contributed by atoms with van der Waals surface area (Å²) >= 11 is 6.20. The minimum Gasteiger partial charge on any atom is -0.369 e. The largest absolute Gasteiger partial charge is 0.369 e. The zero-order chi connectivity index (χ0) is 13.4. The van der Waals surface area contributed by atoms with Crippen molar-refractivity contribution in [2.75, 3.05) is 25.4 Å². The van der Waals surface area contributed by atoms with Crippen LogP contribution in [0.15, 0.2) is 18.2 Å². The first-order valence-electron chi connectivity index (χ1n) is 6.85. The molecule has 0 saturated carbocycles. The maximum Gasteiger partial charge on any atom is 0.201 e. The fraction of sp³-hybridized carbons (Fsp3) is 0.500. The molecule has 1 aromatic heterocycles. The molecule has 1 aromatic carbocycles. The number of imidazole rings is 1. The molecule has 1 aliphatic rings. The number of hydrogen-bond acceptors (Lipinski definition) is 3. The number of piperidine rings is 1. The van der Waals surface area contributed by atoms with Crippen molar-refractivity contribution in [1.82, 2.24) is 14.5 Å². The summed E-state index contributed by atoms with van der Waals surface area (Å²) in [6.45, 7) is 5.51. The van der Waals surface area contributed by atoms with Gasteiger partial charge in [-0.25, -0.2) is 4.98 Å². The second kappa shape index (κ2) is 5.02. The van der Waals surface area contributed by atoms with Gasteiger partial charge in [0.05, 0.1) is 10.5 Å². The number of anilines is 1. The Hall–Kier alpha value is -1.26. The molecule has 0 bridgehead atoms. The van der Waals surface area contributed by atoms with Crippen LogP contribution >= 0.6 is 11.6 Å². The molecule has 102 valence electrons. The van der Waals surface area contributed by atoms with Gasteiger partial charge in [0.15, 0.2) is 0 Å². The predicted molar refractivity (Wildman–Crippen MR) is 79.5 cm³/mol. The van der Waals surface area contributed by atoms with Gasteiger partial charge in [-0.2, -0.15) is 0 Å². The van der Waals surface area contributed by atoms with Crippen LogP contribution in [0.25, 0.3) is 11.0 Å². The Morgan fingerprint density at radius 1 is 1.47 bits per heavy atom. The van der Waals surface area contributed by atoms with Crippen LogP contribution in [-0.4, -0.2) is 34.1 Å². The maximum absolute atomic E-state index is 6.20. The molecule has 0 aliphatic carbocycles. The van der Waals surface area contributed by atoms with E-state index in [4.69, 9.17) is 17.3 Å². The number of likely N-dealkylation sites (tertiary alicyclic amines) is 1. The number of halogens is 1. The SMILES string of the molecule is CCN1CCCC(n2c(N)nc3c(Cl)cccc32)C1. The molecular formula is C14H19ClN4. The third-order valence-corrected chi connectivity index (χ3v) is 4.30. The minimum absolute atomic E-state index is 0.400. The van der Waals surface area contributed by atoms with Gasteiger partial charge in [0.1, 0.15) is 5.52 Å². The van der Waals surface area contributed by atoms with Gasteiger partial charge in [-0.15, -0.1) is 0 Å². The van der Waals surface area contributed by atoms with E-state index in [1.807, 2.05) is 12.1 Å². The van der Waals surface area contributed by atoms with E-state index in [0.717, 1.165) is 30.5 Å². The number of aromatic nitrogens is 2. The molecule has 1 atom stereocenters. The molecule has 0 radical (unpaired) electrons. The van der Waals surface area contributed by atoms with Gasteiger partial charge in [-0.1, -0.05) is 24.6 Å². The van der Waals surface area contributed by atoms with Crippen molar-refractivity contribution in [3.05, 3.63) is 23.2 Å². The molecule has 1 unspecified atom stereocenters. The zero-order valence-corrected chi connectivity index (χ0v) is 11.9. The van der Waals surface area contributed by atoms with Gasteiger partial charge in [0.25, 0.3) is 0 Å². The highest BCUT2D eigenvalue weighted by Gasteiger charge is 2.24. The average Bonchev–Trinajstić information content (AvgIpc) is 2.77. The molecule has 3 rings (SSSR count). The summed E-state index contributed by atoms with van der Waals surface area (Å²) in [6.07, 6.45) is 2.36. The van der Waals surface area contributed by atoms with Crippen molar-refractivity contribution in [1.29, 1.82) is 0 Å². The van der Waals surface area contributed by atoms with Crippen LogP contribution in [0.1, 0.15) is 25.8 Å². The number of likely N-dealkylation sites (N-methyl/N-ethyl adjacent to an activating group) is 1. The number of nitrogens with zero attached hydrogens (tertiary/aromatic N) is 3. The van der Waals surface area contributed by atoms with E-state index in [0.29, 0.717) is 17.0 Å². The van der Waals surface area contributed by atoms with Gasteiger partial charge in [-0.05, 0) is 38.1 Å². The van der Waals surface area contributed by atoms with Gasteiger partial charge in [-0.3, -0.25) is 0 Å². The number of benzene rings is 1. The molecule has 1 fully saturated rings. The molecule has 19 heavy (non-hydrogen) atoms. The lowest BCUT2D eigenvalue weighted by molar-refractivity contribution is 0.188. The van der Waals surface area contributed by atoms with Crippen LogP contribution in [0, 0.1) is 0 Å². The van der Waals surface area contributed by atoms with E-state index in [-0.39, 0.29) is 0 Å². The van der Waals surface area contributed by atoms with Crippen molar-refractivity contribution >= 4 is 28.6 Å². The number of nitrogen functional groups attached to an aromatic ring is 1. The lowest BCUT2D eigenvalue weighted by Crippen LogP contribution is -2.36. The smallest absolute Gasteiger partial charge is 0.201 e. The zero-order valence-electron chi connectivity index (χ0n) is 11.1. The summed E-state index contributed by atoms with van der Waals surface area (Å²) in [5, 5.41) is 0.672. The first kappa shape index (κ1) is 12.8. The molecule has 2 N–H and O–H groups in total. The number of para-hydroxylation sites is 1. The van der Waals surface area contributed by atoms with Crippen LogP contribution in [0.3, 0.4) is 0 Å². The Balaban J connectivity index is 2.04. The highest BCUT2D eigenvalue weighted by molar-refractivity contribution is 6.35. The molecule has 1 saturated heterocycles. The number of hydrogen-bond donors (Lipinski definition) is 1. The van der Waals surface area contributed by atoms with Gasteiger partial charge >= 0.3 is 0 Å². The monoisotopic (exact) mass is 278 g/mol. The van der Waals surface area contributed by atoms with Crippen molar-refractivity contribution in [3.8, 4) is 0 Å². The number of nitrogens with two attached hydrogens (primary N) is 1. The Labute approximate surface area is 118 Å². The van der Waals surface area contributed by atoms with Crippen molar-refractivity contribution in [2.45, 2.75) is 25.8 Å². The molecule has 2 heterocycles. The van der Waals surface area contributed by atoms with Crippen LogP contribution in [-0.2, 0) is 0 Å². The first-order valence-corrected chi connectivity index (χ1v) is 7.22. The lowest BCUT2D eigenvalue weighted by Gasteiger charge is -2.33. The highest BCUT2D eigenvalue weighted by atomic mass is 35.5. The van der Waals surface area contributed by atoms with Gasteiger partial charge < -0.3 is 15.2 Å². The number of fused-ring (bicyclic) bond motifs is 1. The summed E-state index contributed by atoms with van der Waals surface area (Å²) < 4.78 is 2.16. The summed E-state index contributed by atoms with van der Waals surface area (Å²) in [5.41, 5.74) is 7.98. The summed E-state index contributed by atoms with van der Waals surface area (Å²) in [5.74, 6) is 0.575. The minimum atomic E-state index is 0.400. The molecule has 1 aliphatic heterocycles. The molecule has 5 heteroatoms. The van der Waals surface area contributed by atoms with Crippen LogP contribution in [0.2, 0.25) is 5.02 Å². The molecule has 2 aromatic rings. The quantitative estimate of drug-likeness (QED) is 0.919. The molecule has 0 amide bonds. The third-order valence-electron chi connectivity index (χ3n) is 3.99. The number of rotatable bonds is 2. The van der Waals surface area contributed by atoms with E-state index in [1.54, 1.807) is 0 Å². The Kier molecular flexibility index (Phi) is 3.37. The summed E-state index contributed by atoms with van der Waals surface area (Å²) in [7, 11) is 0. The molecular weight excluding hydrogens is 260 g/mol. The Morgan fingerprint density at radius 2 is 2.32 bits per heavy atom. The van der Waals surface area contributed by atoms with Gasteiger partial charge in [0, 0.05) is 12.6 Å². The fourth-order valence-electron chi connectivity index (χ4n) is 3.01. The van der Waals surface area contributed by atoms with Crippen molar-refractivity contribution in [3.63, 3.8) is 0 Å². The van der Waals surface area contributed by atoms with Crippen LogP contribution in [0.5, 0.6) is 0 Å². The third kappa shape index (κ3) is 2.19. The van der Waals surface area contributed by atoms with E-state index >= 15 is 0 Å². The van der Waals surface area contributed by atoms with Crippen molar-refractivity contribution in [2.24, 2.45) is 0 Å². The van der Waals surface area contributed by atoms with E-state index in [2.05, 4.69) is 27.4 Å².